The fourth-order valence-electron chi connectivity index (χ4n) is 2.43. The first-order valence-electron chi connectivity index (χ1n) is 6.98. The number of rotatable bonds is 4. The molecule has 1 N–H and O–H groups in total. The van der Waals surface area contributed by atoms with Gasteiger partial charge in [-0.1, -0.05) is 48.0 Å². The minimum Gasteiger partial charge on any atom is -0.392 e. The summed E-state index contributed by atoms with van der Waals surface area (Å²) < 4.78 is 0. The molecule has 0 radical (unpaired) electrons. The Balaban J connectivity index is 1.70. The van der Waals surface area contributed by atoms with Crippen molar-refractivity contribution in [3.8, 4) is 0 Å². The minimum absolute atomic E-state index is 0.445. The number of aliphatic hydroxyl groups excluding tert-OH is 1. The van der Waals surface area contributed by atoms with Gasteiger partial charge in [-0.25, -0.2) is 0 Å². The van der Waals surface area contributed by atoms with Gasteiger partial charge in [-0.15, -0.1) is 0 Å². The van der Waals surface area contributed by atoms with Crippen LogP contribution in [-0.2, 0) is 12.8 Å². The Kier molecular flexibility index (Phi) is 4.18. The van der Waals surface area contributed by atoms with E-state index in [-0.39, 0.29) is 0 Å². The molecule has 1 aromatic heterocycles. The van der Waals surface area contributed by atoms with Crippen molar-refractivity contribution in [3.05, 3.63) is 76.9 Å². The molecule has 0 amide bonds. The van der Waals surface area contributed by atoms with Crippen molar-refractivity contribution in [2.24, 2.45) is 0 Å². The Morgan fingerprint density at radius 2 is 1.67 bits per heavy atom. The predicted octanol–water partition coefficient (Wildman–Crippen LogP) is 4.03. The number of benzene rings is 2. The molecule has 2 nitrogen and oxygen atoms in total. The first kappa shape index (κ1) is 14.1. The molecule has 1 atom stereocenters. The van der Waals surface area contributed by atoms with Gasteiger partial charge in [0, 0.05) is 22.5 Å². The van der Waals surface area contributed by atoms with Crippen molar-refractivity contribution < 1.29 is 5.11 Å². The second kappa shape index (κ2) is 6.25. The van der Waals surface area contributed by atoms with Crippen LogP contribution in [0.1, 0.15) is 11.3 Å². The van der Waals surface area contributed by atoms with E-state index in [1.54, 1.807) is 0 Å². The molecule has 0 bridgehead atoms. The summed E-state index contributed by atoms with van der Waals surface area (Å²) in [5, 5.41) is 12.1. The molecule has 0 saturated carbocycles. The van der Waals surface area contributed by atoms with Gasteiger partial charge in [0.1, 0.15) is 0 Å². The first-order chi connectivity index (χ1) is 10.2. The lowest BCUT2D eigenvalue weighted by Crippen LogP contribution is -2.14. The summed E-state index contributed by atoms with van der Waals surface area (Å²) in [6.45, 7) is 0. The van der Waals surface area contributed by atoms with Gasteiger partial charge < -0.3 is 5.11 Å². The van der Waals surface area contributed by atoms with Gasteiger partial charge in [0.15, 0.2) is 0 Å². The highest BCUT2D eigenvalue weighted by Gasteiger charge is 2.08. The lowest BCUT2D eigenvalue weighted by Gasteiger charge is -2.11. The topological polar surface area (TPSA) is 33.1 Å². The summed E-state index contributed by atoms with van der Waals surface area (Å²) in [6.07, 6.45) is 0.707. The molecular formula is C18H16ClNO. The summed E-state index contributed by atoms with van der Waals surface area (Å²) in [5.74, 6) is 0. The van der Waals surface area contributed by atoms with Crippen LogP contribution in [0, 0.1) is 0 Å². The van der Waals surface area contributed by atoms with Crippen molar-refractivity contribution in [2.45, 2.75) is 18.9 Å². The van der Waals surface area contributed by atoms with E-state index < -0.39 is 6.10 Å². The van der Waals surface area contributed by atoms with E-state index >= 15 is 0 Å². The van der Waals surface area contributed by atoms with Crippen LogP contribution in [0.5, 0.6) is 0 Å². The molecule has 3 rings (SSSR count). The van der Waals surface area contributed by atoms with Crippen LogP contribution >= 0.6 is 11.6 Å². The van der Waals surface area contributed by atoms with E-state index in [1.165, 1.54) is 0 Å². The van der Waals surface area contributed by atoms with Crippen LogP contribution < -0.4 is 0 Å². The molecule has 21 heavy (non-hydrogen) atoms. The van der Waals surface area contributed by atoms with Crippen molar-refractivity contribution in [3.63, 3.8) is 0 Å². The molecule has 0 aliphatic heterocycles. The van der Waals surface area contributed by atoms with Gasteiger partial charge in [-0.05, 0) is 36.2 Å². The monoisotopic (exact) mass is 297 g/mol. The zero-order chi connectivity index (χ0) is 14.7. The zero-order valence-electron chi connectivity index (χ0n) is 11.5. The van der Waals surface area contributed by atoms with Crippen molar-refractivity contribution in [1.29, 1.82) is 0 Å². The Morgan fingerprint density at radius 3 is 2.48 bits per heavy atom. The van der Waals surface area contributed by atoms with E-state index in [4.69, 9.17) is 11.6 Å². The number of fused-ring (bicyclic) bond motifs is 1. The summed E-state index contributed by atoms with van der Waals surface area (Å²) in [7, 11) is 0. The highest BCUT2D eigenvalue weighted by Crippen LogP contribution is 2.15. The van der Waals surface area contributed by atoms with Gasteiger partial charge in [0.2, 0.25) is 0 Å². The van der Waals surface area contributed by atoms with Gasteiger partial charge in [-0.3, -0.25) is 4.98 Å². The highest BCUT2D eigenvalue weighted by atomic mass is 35.5. The van der Waals surface area contributed by atoms with Crippen LogP contribution in [0.3, 0.4) is 0 Å². The van der Waals surface area contributed by atoms with Crippen LogP contribution in [0.25, 0.3) is 10.9 Å². The summed E-state index contributed by atoms with van der Waals surface area (Å²) >= 11 is 5.86. The van der Waals surface area contributed by atoms with Crippen LogP contribution in [0.15, 0.2) is 60.7 Å². The van der Waals surface area contributed by atoms with Crippen molar-refractivity contribution in [1.82, 2.24) is 4.98 Å². The lowest BCUT2D eigenvalue weighted by atomic mass is 10.0. The third kappa shape index (κ3) is 3.60. The molecule has 2 aromatic carbocycles. The molecular weight excluding hydrogens is 282 g/mol. The van der Waals surface area contributed by atoms with Crippen LogP contribution in [-0.4, -0.2) is 16.2 Å². The molecule has 1 unspecified atom stereocenters. The SMILES string of the molecule is OC(Cc1ccc(Cl)cc1)Cc1ccc2ccccc2n1. The highest BCUT2D eigenvalue weighted by molar-refractivity contribution is 6.30. The average molecular weight is 298 g/mol. The Labute approximate surface area is 129 Å². The molecule has 3 aromatic rings. The third-order valence-electron chi connectivity index (χ3n) is 3.49. The van der Waals surface area contributed by atoms with Crippen LogP contribution in [0.4, 0.5) is 0 Å². The summed E-state index contributed by atoms with van der Waals surface area (Å²) in [6, 6.07) is 19.6. The number of para-hydroxylation sites is 1. The average Bonchev–Trinajstić information content (AvgIpc) is 2.49. The van der Waals surface area contributed by atoms with Gasteiger partial charge >= 0.3 is 0 Å². The van der Waals surface area contributed by atoms with E-state index in [2.05, 4.69) is 4.98 Å². The van der Waals surface area contributed by atoms with Gasteiger partial charge in [-0.2, -0.15) is 0 Å². The lowest BCUT2D eigenvalue weighted by molar-refractivity contribution is 0.174. The van der Waals surface area contributed by atoms with E-state index in [1.807, 2.05) is 60.7 Å². The predicted molar refractivity (Wildman–Crippen MR) is 86.6 cm³/mol. The molecule has 0 saturated heterocycles. The normalized spacial score (nSPS) is 12.5. The molecule has 1 heterocycles. The van der Waals surface area contributed by atoms with E-state index in [9.17, 15) is 5.11 Å². The zero-order valence-corrected chi connectivity index (χ0v) is 12.3. The fraction of sp³-hybridized carbons (Fsp3) is 0.167. The molecule has 106 valence electrons. The van der Waals surface area contributed by atoms with E-state index in [0.717, 1.165) is 22.2 Å². The van der Waals surface area contributed by atoms with Crippen molar-refractivity contribution >= 4 is 22.5 Å². The largest absolute Gasteiger partial charge is 0.392 e. The number of hydrogen-bond donors (Lipinski definition) is 1. The molecule has 3 heteroatoms. The number of halogens is 1. The second-order valence-corrected chi connectivity index (χ2v) is 5.62. The van der Waals surface area contributed by atoms with Crippen molar-refractivity contribution in [2.75, 3.05) is 0 Å². The molecule has 0 aliphatic rings. The van der Waals surface area contributed by atoms with Gasteiger partial charge in [0.05, 0.1) is 11.6 Å². The number of aliphatic hydroxyl groups is 1. The number of hydrogen-bond acceptors (Lipinski definition) is 2. The number of nitrogens with zero attached hydrogens (tertiary/aromatic N) is 1. The smallest absolute Gasteiger partial charge is 0.0705 e. The van der Waals surface area contributed by atoms with Crippen LogP contribution in [0.2, 0.25) is 5.02 Å². The maximum atomic E-state index is 10.2. The molecule has 0 spiro atoms. The Hall–Kier alpha value is -1.90. The molecule has 0 fully saturated rings. The Bertz CT molecular complexity index is 740. The quantitative estimate of drug-likeness (QED) is 0.788. The van der Waals surface area contributed by atoms with Gasteiger partial charge in [0.25, 0.3) is 0 Å². The maximum absolute atomic E-state index is 10.2. The maximum Gasteiger partial charge on any atom is 0.0705 e. The second-order valence-electron chi connectivity index (χ2n) is 5.18. The minimum atomic E-state index is -0.445. The standard InChI is InChI=1S/C18H16ClNO/c19-15-8-5-13(6-9-15)11-17(21)12-16-10-7-14-3-1-2-4-18(14)20-16/h1-10,17,21H,11-12H2. The number of pyridine rings is 1. The van der Waals surface area contributed by atoms with E-state index in [0.29, 0.717) is 17.9 Å². The Morgan fingerprint density at radius 1 is 0.905 bits per heavy atom. The first-order valence-corrected chi connectivity index (χ1v) is 7.36. The third-order valence-corrected chi connectivity index (χ3v) is 3.74. The summed E-state index contributed by atoms with van der Waals surface area (Å²) in [5.41, 5.74) is 2.96. The molecule has 0 aliphatic carbocycles. The fourth-order valence-corrected chi connectivity index (χ4v) is 2.55. The number of aromatic nitrogens is 1. The summed E-state index contributed by atoms with van der Waals surface area (Å²) in [4.78, 5) is 4.59.